The van der Waals surface area contributed by atoms with Gasteiger partial charge in [0.05, 0.1) is 10.6 Å². The summed E-state index contributed by atoms with van der Waals surface area (Å²) in [7, 11) is 1.58. The maximum absolute atomic E-state index is 12.2. The highest BCUT2D eigenvalue weighted by Crippen LogP contribution is 2.27. The lowest BCUT2D eigenvalue weighted by molar-refractivity contribution is -0.114. The summed E-state index contributed by atoms with van der Waals surface area (Å²) in [4.78, 5) is 34.3. The number of carbonyl (C=O) groups excluding carboxylic acids is 3. The number of aromatic nitrogens is 3. The number of anilines is 1. The van der Waals surface area contributed by atoms with Gasteiger partial charge in [-0.05, 0) is 42.6 Å². The van der Waals surface area contributed by atoms with Crippen LogP contribution in [-0.2, 0) is 16.1 Å². The highest BCUT2D eigenvalue weighted by Gasteiger charge is 2.15. The number of thiophene rings is 1. The molecule has 0 fully saturated rings. The van der Waals surface area contributed by atoms with Crippen molar-refractivity contribution in [2.45, 2.75) is 32.5 Å². The van der Waals surface area contributed by atoms with Gasteiger partial charge in [0.15, 0.2) is 11.0 Å². The van der Waals surface area contributed by atoms with Crippen LogP contribution in [0.25, 0.3) is 10.7 Å². The van der Waals surface area contributed by atoms with Crippen LogP contribution in [-0.4, -0.2) is 45.7 Å². The molecule has 0 aliphatic carbocycles. The lowest BCUT2D eigenvalue weighted by Gasteiger charge is -2.07. The molecule has 0 aliphatic heterocycles. The number of nitrogens with one attached hydrogen (secondary N) is 2. The van der Waals surface area contributed by atoms with E-state index in [1.807, 2.05) is 42.9 Å². The minimum Gasteiger partial charge on any atom is -0.355 e. The van der Waals surface area contributed by atoms with Crippen LogP contribution >= 0.6 is 23.1 Å². The molecule has 0 radical (unpaired) electrons. The summed E-state index contributed by atoms with van der Waals surface area (Å²) in [5.41, 5.74) is 1.19. The fraction of sp³-hybridized carbons (Fsp3) is 0.318. The Hall–Kier alpha value is -2.98. The van der Waals surface area contributed by atoms with Crippen LogP contribution in [0.4, 0.5) is 5.69 Å². The van der Waals surface area contributed by atoms with Gasteiger partial charge in [-0.1, -0.05) is 31.7 Å². The number of benzene rings is 1. The predicted molar refractivity (Wildman–Crippen MR) is 131 cm³/mol. The summed E-state index contributed by atoms with van der Waals surface area (Å²) in [6.07, 6.45) is 0.917. The van der Waals surface area contributed by atoms with Crippen molar-refractivity contribution in [1.82, 2.24) is 20.1 Å². The van der Waals surface area contributed by atoms with Gasteiger partial charge in [0, 0.05) is 32.2 Å². The van der Waals surface area contributed by atoms with E-state index in [0.29, 0.717) is 16.4 Å². The molecule has 172 valence electrons. The van der Waals surface area contributed by atoms with E-state index in [4.69, 9.17) is 0 Å². The number of hydrogen-bond donors (Lipinski definition) is 2. The molecule has 10 heteroatoms. The quantitative estimate of drug-likeness (QED) is 0.374. The molecule has 0 aliphatic rings. The lowest BCUT2D eigenvalue weighted by atomic mass is 10.2. The van der Waals surface area contributed by atoms with E-state index in [-0.39, 0.29) is 24.9 Å². The van der Waals surface area contributed by atoms with Gasteiger partial charge in [-0.3, -0.25) is 9.59 Å². The molecule has 2 N–H and O–H groups in total. The van der Waals surface area contributed by atoms with Crippen molar-refractivity contribution in [2.75, 3.05) is 18.1 Å². The average Bonchev–Trinajstić information content (AvgIpc) is 3.47. The Labute approximate surface area is 197 Å². The zero-order chi connectivity index (χ0) is 23.5. The van der Waals surface area contributed by atoms with Crippen molar-refractivity contribution < 1.29 is 15.8 Å². The predicted octanol–water partition coefficient (Wildman–Crippen LogP) is 4.20. The van der Waals surface area contributed by atoms with Gasteiger partial charge >= 0.3 is 0 Å². The highest BCUT2D eigenvalue weighted by molar-refractivity contribution is 7.99. The molecule has 8 nitrogen and oxygen atoms in total. The van der Waals surface area contributed by atoms with E-state index >= 15 is 0 Å². The molecular weight excluding hydrogens is 446 g/mol. The average molecular weight is 476 g/mol. The van der Waals surface area contributed by atoms with E-state index in [2.05, 4.69) is 20.8 Å². The van der Waals surface area contributed by atoms with Gasteiger partial charge < -0.3 is 20.0 Å². The van der Waals surface area contributed by atoms with E-state index in [0.717, 1.165) is 23.5 Å². The Kier molecular flexibility index (Phi) is 10.1. The fourth-order valence-electron chi connectivity index (χ4n) is 2.45. The van der Waals surface area contributed by atoms with Crippen molar-refractivity contribution >= 4 is 46.9 Å². The first-order chi connectivity index (χ1) is 15.4. The van der Waals surface area contributed by atoms with Crippen molar-refractivity contribution in [2.24, 2.45) is 5.92 Å². The zero-order valence-corrected chi connectivity index (χ0v) is 20.1. The van der Waals surface area contributed by atoms with Crippen LogP contribution < -0.4 is 10.6 Å². The monoisotopic (exact) mass is 475 g/mol. The van der Waals surface area contributed by atoms with Crippen LogP contribution in [0, 0.1) is 5.92 Å². The number of thioether (sulfide) groups is 1. The second-order valence-electron chi connectivity index (χ2n) is 6.90. The maximum atomic E-state index is 12.2. The Morgan fingerprint density at radius 2 is 1.91 bits per heavy atom. The van der Waals surface area contributed by atoms with Crippen molar-refractivity contribution in [3.8, 4) is 10.7 Å². The first-order valence-electron chi connectivity index (χ1n) is 10.1. The molecule has 0 saturated carbocycles. The van der Waals surface area contributed by atoms with Gasteiger partial charge in [-0.25, -0.2) is 0 Å². The van der Waals surface area contributed by atoms with Crippen LogP contribution in [0.5, 0.6) is 0 Å². The summed E-state index contributed by atoms with van der Waals surface area (Å²) < 4.78 is 2.00. The fourth-order valence-corrected chi connectivity index (χ4v) is 3.96. The molecule has 3 rings (SSSR count). The van der Waals surface area contributed by atoms with Crippen LogP contribution in [0.15, 0.2) is 46.9 Å². The molecule has 0 atom stereocenters. The number of amides is 2. The Bertz CT molecular complexity index is 1020. The maximum Gasteiger partial charge on any atom is 0.251 e. The highest BCUT2D eigenvalue weighted by atomic mass is 32.2. The third-order valence-electron chi connectivity index (χ3n) is 4.04. The van der Waals surface area contributed by atoms with Crippen molar-refractivity contribution in [3.05, 3.63) is 47.3 Å². The van der Waals surface area contributed by atoms with Crippen LogP contribution in [0.3, 0.4) is 0 Å². The smallest absolute Gasteiger partial charge is 0.251 e. The summed E-state index contributed by atoms with van der Waals surface area (Å²) >= 11 is 2.96. The summed E-state index contributed by atoms with van der Waals surface area (Å²) in [5.74, 6) is 0.940. The Morgan fingerprint density at radius 1 is 1.22 bits per heavy atom. The summed E-state index contributed by atoms with van der Waals surface area (Å²) in [5, 5.41) is 16.6. The van der Waals surface area contributed by atoms with Gasteiger partial charge in [0.1, 0.15) is 6.29 Å². The molecule has 2 amide bonds. The van der Waals surface area contributed by atoms with Crippen LogP contribution in [0.1, 0.15) is 32.6 Å². The normalized spacial score (nSPS) is 10.3. The number of aldehydes is 1. The molecule has 32 heavy (non-hydrogen) atoms. The largest absolute Gasteiger partial charge is 0.355 e. The molecule has 0 unspecified atom stereocenters. The van der Waals surface area contributed by atoms with Crippen molar-refractivity contribution in [3.63, 3.8) is 0 Å². The van der Waals surface area contributed by atoms with Gasteiger partial charge in [0.25, 0.3) is 5.91 Å². The molecule has 2 aromatic heterocycles. The van der Waals surface area contributed by atoms with Crippen molar-refractivity contribution in [1.29, 1.82) is 0 Å². The first-order valence-corrected chi connectivity index (χ1v) is 11.9. The standard InChI is InChI=1S/C18H19N5O2S2.C4H8O.H2/c1-3-23-16(14-5-4-10-26-14)21-22-18(23)27-11-15(24)20-13-8-6-12(7-9-13)17(25)19-2;1-4(2)3-5;/h4-10H,3,11H2,1-2H3,(H,19,25)(H,20,24);3-4H,1-2H3;1H. The Morgan fingerprint density at radius 3 is 2.44 bits per heavy atom. The number of rotatable bonds is 8. The molecule has 2 heterocycles. The second-order valence-corrected chi connectivity index (χ2v) is 8.79. The summed E-state index contributed by atoms with van der Waals surface area (Å²) in [6, 6.07) is 10.7. The van der Waals surface area contributed by atoms with Gasteiger partial charge in [-0.15, -0.1) is 21.5 Å². The second kappa shape index (κ2) is 12.8. The molecule has 0 spiro atoms. The molecule has 0 saturated heterocycles. The van der Waals surface area contributed by atoms with Crippen LogP contribution in [0.2, 0.25) is 0 Å². The van der Waals surface area contributed by atoms with Gasteiger partial charge in [0.2, 0.25) is 5.91 Å². The first kappa shape index (κ1) is 25.3. The number of nitrogens with zero attached hydrogens (tertiary/aromatic N) is 3. The molecule has 1 aromatic carbocycles. The molecule has 0 bridgehead atoms. The van der Waals surface area contributed by atoms with E-state index in [1.165, 1.54) is 11.8 Å². The third-order valence-corrected chi connectivity index (χ3v) is 5.87. The SMILES string of the molecule is CC(C)C=O.CCn1c(SCC(=O)Nc2ccc(C(=O)NC)cc2)nnc1-c1cccs1.[HH]. The topological polar surface area (TPSA) is 106 Å². The zero-order valence-electron chi connectivity index (χ0n) is 18.5. The van der Waals surface area contributed by atoms with E-state index in [9.17, 15) is 14.4 Å². The minimum absolute atomic E-state index is 0. The molecular formula is C22H29N5O3S2. The number of hydrogen-bond acceptors (Lipinski definition) is 7. The Balaban J connectivity index is 0.000000821. The van der Waals surface area contributed by atoms with E-state index in [1.54, 1.807) is 42.6 Å². The minimum atomic E-state index is -0.163. The molecule has 3 aromatic rings. The van der Waals surface area contributed by atoms with Gasteiger partial charge in [-0.2, -0.15) is 0 Å². The summed E-state index contributed by atoms with van der Waals surface area (Å²) in [6.45, 7) is 6.46. The third kappa shape index (κ3) is 7.31. The number of carbonyl (C=O) groups is 3. The lowest BCUT2D eigenvalue weighted by Crippen LogP contribution is -2.18. The van der Waals surface area contributed by atoms with E-state index < -0.39 is 0 Å².